The van der Waals surface area contributed by atoms with E-state index in [1.165, 1.54) is 12.1 Å². The summed E-state index contributed by atoms with van der Waals surface area (Å²) >= 11 is 6.10. The third-order valence-corrected chi connectivity index (χ3v) is 5.04. The molecule has 0 aliphatic carbocycles. The van der Waals surface area contributed by atoms with Crippen LogP contribution in [0.2, 0.25) is 5.02 Å². The first-order valence-corrected chi connectivity index (χ1v) is 9.72. The van der Waals surface area contributed by atoms with Crippen LogP contribution in [0, 0.1) is 5.82 Å². The molecule has 0 bridgehead atoms. The predicted molar refractivity (Wildman–Crippen MR) is 119 cm³/mol. The van der Waals surface area contributed by atoms with Crippen LogP contribution in [0.25, 0.3) is 44.7 Å². The van der Waals surface area contributed by atoms with Crippen LogP contribution in [0.3, 0.4) is 0 Å². The van der Waals surface area contributed by atoms with Crippen LogP contribution < -0.4 is 5.73 Å². The van der Waals surface area contributed by atoms with Gasteiger partial charge in [0, 0.05) is 51.9 Å². The molecule has 1 aromatic carbocycles. The van der Waals surface area contributed by atoms with Crippen molar-refractivity contribution in [2.75, 3.05) is 5.73 Å². The Kier molecular flexibility index (Phi) is 4.72. The normalized spacial score (nSPS) is 11.0. The molecule has 0 spiro atoms. The highest BCUT2D eigenvalue weighted by atomic mass is 35.5. The number of nitrogens with two attached hydrogens (primary N) is 1. The Bertz CT molecular complexity index is 1440. The maximum absolute atomic E-state index is 14.6. The fourth-order valence-electron chi connectivity index (χ4n) is 3.39. The van der Waals surface area contributed by atoms with Crippen LogP contribution in [0.4, 0.5) is 10.3 Å². The Hall–Kier alpha value is -3.97. The van der Waals surface area contributed by atoms with E-state index in [-0.39, 0.29) is 5.95 Å². The average molecular weight is 429 g/mol. The van der Waals surface area contributed by atoms with E-state index in [2.05, 4.69) is 24.9 Å². The number of aromatic nitrogens is 5. The lowest BCUT2D eigenvalue weighted by Crippen LogP contribution is -1.96. The zero-order valence-corrected chi connectivity index (χ0v) is 16.8. The molecule has 31 heavy (non-hydrogen) atoms. The van der Waals surface area contributed by atoms with Crippen LogP contribution in [-0.4, -0.2) is 24.9 Å². The second kappa shape index (κ2) is 7.70. The van der Waals surface area contributed by atoms with Crippen molar-refractivity contribution in [2.45, 2.75) is 0 Å². The van der Waals surface area contributed by atoms with E-state index in [9.17, 15) is 4.39 Å². The van der Waals surface area contributed by atoms with Crippen molar-refractivity contribution in [3.05, 3.63) is 84.2 Å². The van der Waals surface area contributed by atoms with Gasteiger partial charge in [-0.1, -0.05) is 11.6 Å². The van der Waals surface area contributed by atoms with E-state index in [0.29, 0.717) is 27.6 Å². The first-order valence-electron chi connectivity index (χ1n) is 9.34. The molecule has 0 fully saturated rings. The second-order valence-corrected chi connectivity index (χ2v) is 7.25. The first kappa shape index (κ1) is 19.0. The number of hydrogen-bond acceptors (Lipinski definition) is 6. The minimum Gasteiger partial charge on any atom is -0.368 e. The quantitative estimate of drug-likeness (QED) is 0.425. The van der Waals surface area contributed by atoms with Gasteiger partial charge in [0.25, 0.3) is 0 Å². The molecule has 5 rings (SSSR count). The average Bonchev–Trinajstić information content (AvgIpc) is 2.80. The van der Waals surface area contributed by atoms with Gasteiger partial charge in [-0.25, -0.2) is 24.3 Å². The number of rotatable bonds is 3. The van der Waals surface area contributed by atoms with Crippen molar-refractivity contribution < 1.29 is 4.39 Å². The molecule has 0 amide bonds. The summed E-state index contributed by atoms with van der Waals surface area (Å²) in [6, 6.07) is 13.6. The lowest BCUT2D eigenvalue weighted by molar-refractivity contribution is 0.631. The zero-order valence-electron chi connectivity index (χ0n) is 16.0. The highest BCUT2D eigenvalue weighted by molar-refractivity contribution is 6.30. The summed E-state index contributed by atoms with van der Waals surface area (Å²) in [6.07, 6.45) is 6.67. The predicted octanol–water partition coefficient (Wildman–Crippen LogP) is 5.19. The Labute approximate surface area is 181 Å². The molecule has 5 aromatic rings. The van der Waals surface area contributed by atoms with Crippen molar-refractivity contribution in [3.8, 4) is 33.6 Å². The number of pyridine rings is 3. The van der Waals surface area contributed by atoms with Gasteiger partial charge in [-0.2, -0.15) is 0 Å². The van der Waals surface area contributed by atoms with Crippen LogP contribution in [-0.2, 0) is 0 Å². The number of hydrogen-bond donors (Lipinski definition) is 1. The second-order valence-electron chi connectivity index (χ2n) is 6.82. The van der Waals surface area contributed by atoms with Crippen LogP contribution in [0.15, 0.2) is 73.3 Å². The Morgan fingerprint density at radius 1 is 0.806 bits per heavy atom. The lowest BCUT2D eigenvalue weighted by Gasteiger charge is -2.11. The molecule has 6 nitrogen and oxygen atoms in total. The van der Waals surface area contributed by atoms with Gasteiger partial charge in [0.2, 0.25) is 5.95 Å². The molecule has 4 aromatic heterocycles. The van der Waals surface area contributed by atoms with E-state index in [4.69, 9.17) is 17.3 Å². The fraction of sp³-hybridized carbons (Fsp3) is 0. The maximum atomic E-state index is 14.6. The van der Waals surface area contributed by atoms with Gasteiger partial charge in [0.15, 0.2) is 5.65 Å². The third kappa shape index (κ3) is 3.67. The number of anilines is 1. The smallest absolute Gasteiger partial charge is 0.220 e. The van der Waals surface area contributed by atoms with E-state index < -0.39 is 5.82 Å². The van der Waals surface area contributed by atoms with Gasteiger partial charge in [0.05, 0.1) is 11.4 Å². The van der Waals surface area contributed by atoms with Gasteiger partial charge >= 0.3 is 0 Å². The molecule has 0 aliphatic rings. The highest BCUT2D eigenvalue weighted by Gasteiger charge is 2.14. The standard InChI is InChI=1S/C23H14ClFN6/c24-15-3-4-19(25)18(9-15)21-10-17(16-2-1-6-28-22(16)30-21)13-8-14(12-27-11-13)20-5-7-29-23(26)31-20/h1-12H,(H2,26,29,31). The molecule has 8 heteroatoms. The molecule has 0 radical (unpaired) electrons. The van der Waals surface area contributed by atoms with Gasteiger partial charge in [-0.05, 0) is 54.1 Å². The zero-order chi connectivity index (χ0) is 21.4. The summed E-state index contributed by atoms with van der Waals surface area (Å²) in [7, 11) is 0. The number of nitrogen functional groups attached to an aromatic ring is 1. The molecule has 0 saturated carbocycles. The molecule has 0 unspecified atom stereocenters. The summed E-state index contributed by atoms with van der Waals surface area (Å²) in [6.45, 7) is 0. The molecule has 0 aliphatic heterocycles. The number of fused-ring (bicyclic) bond motifs is 1. The Balaban J connectivity index is 1.73. The summed E-state index contributed by atoms with van der Waals surface area (Å²) in [5, 5.41) is 1.24. The monoisotopic (exact) mass is 428 g/mol. The molecule has 2 N–H and O–H groups in total. The first-order chi connectivity index (χ1) is 15.1. The Morgan fingerprint density at radius 2 is 1.68 bits per heavy atom. The molecular formula is C23H14ClFN6. The molecular weight excluding hydrogens is 415 g/mol. The van der Waals surface area contributed by atoms with Crippen LogP contribution >= 0.6 is 11.6 Å². The summed E-state index contributed by atoms with van der Waals surface area (Å²) in [5.74, 6) is -0.235. The third-order valence-electron chi connectivity index (χ3n) is 4.81. The summed E-state index contributed by atoms with van der Waals surface area (Å²) in [5.41, 5.74) is 9.98. The van der Waals surface area contributed by atoms with E-state index in [0.717, 1.165) is 22.1 Å². The van der Waals surface area contributed by atoms with Crippen molar-refractivity contribution in [3.63, 3.8) is 0 Å². The lowest BCUT2D eigenvalue weighted by atomic mass is 9.99. The van der Waals surface area contributed by atoms with Crippen molar-refractivity contribution >= 4 is 28.6 Å². The fourth-order valence-corrected chi connectivity index (χ4v) is 3.56. The van der Waals surface area contributed by atoms with E-state index in [1.807, 2.05) is 24.3 Å². The van der Waals surface area contributed by atoms with Crippen molar-refractivity contribution in [2.24, 2.45) is 0 Å². The highest BCUT2D eigenvalue weighted by Crippen LogP contribution is 2.34. The number of halogens is 2. The van der Waals surface area contributed by atoms with Gasteiger partial charge in [0.1, 0.15) is 5.82 Å². The van der Waals surface area contributed by atoms with Crippen LogP contribution in [0.1, 0.15) is 0 Å². The topological polar surface area (TPSA) is 90.5 Å². The van der Waals surface area contributed by atoms with Crippen molar-refractivity contribution in [1.29, 1.82) is 0 Å². The minimum atomic E-state index is -0.415. The molecule has 0 atom stereocenters. The summed E-state index contributed by atoms with van der Waals surface area (Å²) < 4.78 is 14.6. The Morgan fingerprint density at radius 3 is 2.55 bits per heavy atom. The number of nitrogens with zero attached hydrogens (tertiary/aromatic N) is 5. The minimum absolute atomic E-state index is 0.181. The SMILES string of the molecule is Nc1nccc(-c2cncc(-c3cc(-c4cc(Cl)ccc4F)nc4ncccc34)c2)n1. The number of benzene rings is 1. The molecule has 150 valence electrons. The van der Waals surface area contributed by atoms with Gasteiger partial charge in [-0.15, -0.1) is 0 Å². The molecule has 0 saturated heterocycles. The maximum Gasteiger partial charge on any atom is 0.220 e. The largest absolute Gasteiger partial charge is 0.368 e. The van der Waals surface area contributed by atoms with E-state index >= 15 is 0 Å². The van der Waals surface area contributed by atoms with Crippen LogP contribution in [0.5, 0.6) is 0 Å². The molecule has 4 heterocycles. The van der Waals surface area contributed by atoms with E-state index in [1.54, 1.807) is 36.9 Å². The van der Waals surface area contributed by atoms with Gasteiger partial charge in [-0.3, -0.25) is 4.98 Å². The van der Waals surface area contributed by atoms with Gasteiger partial charge < -0.3 is 5.73 Å². The summed E-state index contributed by atoms with van der Waals surface area (Å²) in [4.78, 5) is 21.5. The van der Waals surface area contributed by atoms with Crippen molar-refractivity contribution in [1.82, 2.24) is 24.9 Å².